The molecule has 6 N–H and O–H groups in total. The molecule has 1 saturated heterocycles. The second-order valence-electron chi connectivity index (χ2n) is 6.81. The van der Waals surface area contributed by atoms with E-state index < -0.39 is 6.10 Å². The fourth-order valence-electron chi connectivity index (χ4n) is 3.24. The number of aromatic nitrogens is 2. The van der Waals surface area contributed by atoms with Gasteiger partial charge < -0.3 is 26.4 Å². The first kappa shape index (κ1) is 21.6. The van der Waals surface area contributed by atoms with E-state index in [9.17, 15) is 4.79 Å². The Balaban J connectivity index is 1.51. The Hall–Kier alpha value is -3.11. The zero-order chi connectivity index (χ0) is 21.3. The number of anilines is 2. The molecule has 0 radical (unpaired) electrons. The number of amides is 1. The highest BCUT2D eigenvalue weighted by Gasteiger charge is 2.23. The molecular formula is C20H27N7O2S. The summed E-state index contributed by atoms with van der Waals surface area (Å²) < 4.78 is 5.35. The molecule has 1 fully saturated rings. The zero-order valence-corrected chi connectivity index (χ0v) is 17.6. The van der Waals surface area contributed by atoms with Gasteiger partial charge in [-0.2, -0.15) is 0 Å². The normalized spacial score (nSPS) is 16.6. The quantitative estimate of drug-likeness (QED) is 0.469. The van der Waals surface area contributed by atoms with E-state index in [0.717, 1.165) is 31.5 Å². The van der Waals surface area contributed by atoms with Crippen LogP contribution in [0, 0.1) is 0 Å². The van der Waals surface area contributed by atoms with E-state index >= 15 is 0 Å². The molecule has 1 aromatic heterocycles. The van der Waals surface area contributed by atoms with Crippen LogP contribution in [-0.4, -0.2) is 47.2 Å². The number of rotatable bonds is 8. The average Bonchev–Trinajstić information content (AvgIpc) is 3.20. The van der Waals surface area contributed by atoms with Gasteiger partial charge in [-0.3, -0.25) is 10.1 Å². The Morgan fingerprint density at radius 1 is 1.27 bits per heavy atom. The number of allylic oxidation sites excluding steroid dienone is 2. The summed E-state index contributed by atoms with van der Waals surface area (Å²) in [5, 5.41) is 15.5. The SMILES string of the molecule is COC(C(=O)Nc1nnc(NC2CCN(/C(N)=C/C=C\N)CC2)s1)c1ccccc1. The molecule has 0 aliphatic carbocycles. The van der Waals surface area contributed by atoms with Crippen LogP contribution in [0.5, 0.6) is 0 Å². The minimum absolute atomic E-state index is 0.270. The second-order valence-corrected chi connectivity index (χ2v) is 7.79. The molecule has 1 aliphatic heterocycles. The summed E-state index contributed by atoms with van der Waals surface area (Å²) in [6, 6.07) is 9.59. The van der Waals surface area contributed by atoms with Crippen molar-refractivity contribution in [2.75, 3.05) is 30.8 Å². The predicted octanol–water partition coefficient (Wildman–Crippen LogP) is 2.01. The number of likely N-dealkylation sites (tertiary alicyclic amines) is 1. The Bertz CT molecular complexity index is 876. The number of ether oxygens (including phenoxy) is 1. The Morgan fingerprint density at radius 2 is 1.97 bits per heavy atom. The molecule has 1 aliphatic rings. The highest BCUT2D eigenvalue weighted by atomic mass is 32.1. The van der Waals surface area contributed by atoms with Crippen molar-refractivity contribution in [1.82, 2.24) is 15.1 Å². The molecular weight excluding hydrogens is 402 g/mol. The molecule has 0 spiro atoms. The fraction of sp³-hybridized carbons (Fsp3) is 0.350. The molecule has 160 valence electrons. The fourth-order valence-corrected chi connectivity index (χ4v) is 3.97. The number of benzene rings is 1. The third-order valence-corrected chi connectivity index (χ3v) is 5.57. The summed E-state index contributed by atoms with van der Waals surface area (Å²) in [5.41, 5.74) is 12.2. The van der Waals surface area contributed by atoms with Gasteiger partial charge in [0.1, 0.15) is 0 Å². The third kappa shape index (κ3) is 5.71. The zero-order valence-electron chi connectivity index (χ0n) is 16.8. The van der Waals surface area contributed by atoms with Gasteiger partial charge in [0.2, 0.25) is 10.3 Å². The van der Waals surface area contributed by atoms with E-state index in [1.165, 1.54) is 24.6 Å². The summed E-state index contributed by atoms with van der Waals surface area (Å²) in [4.78, 5) is 14.7. The molecule has 9 nitrogen and oxygen atoms in total. The van der Waals surface area contributed by atoms with Crippen LogP contribution in [0.2, 0.25) is 0 Å². The number of carbonyl (C=O) groups excluding carboxylic acids is 1. The van der Waals surface area contributed by atoms with Crippen LogP contribution in [0.15, 0.2) is 54.5 Å². The first-order chi connectivity index (χ1) is 14.6. The van der Waals surface area contributed by atoms with E-state index in [1.807, 2.05) is 30.3 Å². The monoisotopic (exact) mass is 429 g/mol. The maximum Gasteiger partial charge on any atom is 0.259 e. The summed E-state index contributed by atoms with van der Waals surface area (Å²) in [7, 11) is 1.50. The standard InChI is InChI=1S/C20H27N7O2S/c1-29-17(14-6-3-2-4-7-14)18(28)24-20-26-25-19(30-20)23-15-9-12-27(13-10-15)16(22)8-5-11-21/h2-8,11,15,17H,9-10,12-13,21-22H2,1H3,(H,23,25)(H,24,26,28)/b11-5-,16-8+. The van der Waals surface area contributed by atoms with E-state index in [1.54, 1.807) is 12.2 Å². The smallest absolute Gasteiger partial charge is 0.259 e. The van der Waals surface area contributed by atoms with Gasteiger partial charge in [0, 0.05) is 26.2 Å². The van der Waals surface area contributed by atoms with Crippen molar-refractivity contribution >= 4 is 27.5 Å². The van der Waals surface area contributed by atoms with Crippen LogP contribution in [0.3, 0.4) is 0 Å². The molecule has 10 heteroatoms. The van der Waals surface area contributed by atoms with Crippen LogP contribution in [0.4, 0.5) is 10.3 Å². The number of methoxy groups -OCH3 is 1. The number of nitrogens with two attached hydrogens (primary N) is 2. The second kappa shape index (κ2) is 10.6. The lowest BCUT2D eigenvalue weighted by Crippen LogP contribution is -2.40. The van der Waals surface area contributed by atoms with Gasteiger partial charge in [-0.25, -0.2) is 0 Å². The molecule has 2 heterocycles. The Kier molecular flexibility index (Phi) is 7.63. The van der Waals surface area contributed by atoms with Crippen molar-refractivity contribution < 1.29 is 9.53 Å². The van der Waals surface area contributed by atoms with Crippen molar-refractivity contribution in [2.45, 2.75) is 25.0 Å². The molecule has 1 unspecified atom stereocenters. The van der Waals surface area contributed by atoms with Gasteiger partial charge in [-0.1, -0.05) is 41.7 Å². The summed E-state index contributed by atoms with van der Waals surface area (Å²) in [5.74, 6) is 0.427. The minimum Gasteiger partial charge on any atom is -0.405 e. The van der Waals surface area contributed by atoms with Crippen LogP contribution >= 0.6 is 11.3 Å². The maximum absolute atomic E-state index is 12.6. The molecule has 1 aromatic carbocycles. The molecule has 3 rings (SSSR count). The lowest BCUT2D eigenvalue weighted by Gasteiger charge is -2.33. The first-order valence-corrected chi connectivity index (χ1v) is 10.5. The summed E-state index contributed by atoms with van der Waals surface area (Å²) in [6.45, 7) is 1.68. The molecule has 0 bridgehead atoms. The average molecular weight is 430 g/mol. The maximum atomic E-state index is 12.6. The van der Waals surface area contributed by atoms with Crippen LogP contribution in [-0.2, 0) is 9.53 Å². The molecule has 1 amide bonds. The number of hydrogen-bond acceptors (Lipinski definition) is 9. The van der Waals surface area contributed by atoms with Crippen molar-refractivity contribution in [2.24, 2.45) is 11.5 Å². The number of nitrogens with one attached hydrogen (secondary N) is 2. The first-order valence-electron chi connectivity index (χ1n) is 9.68. The van der Waals surface area contributed by atoms with Crippen LogP contribution < -0.4 is 22.1 Å². The van der Waals surface area contributed by atoms with E-state index in [4.69, 9.17) is 16.2 Å². The van der Waals surface area contributed by atoms with E-state index in [2.05, 4.69) is 25.7 Å². The van der Waals surface area contributed by atoms with Gasteiger partial charge in [0.25, 0.3) is 5.91 Å². The highest BCUT2D eigenvalue weighted by Crippen LogP contribution is 2.25. The van der Waals surface area contributed by atoms with Crippen molar-refractivity contribution in [3.05, 3.63) is 60.1 Å². The minimum atomic E-state index is -0.705. The van der Waals surface area contributed by atoms with Crippen LogP contribution in [0.25, 0.3) is 0 Å². The lowest BCUT2D eigenvalue weighted by molar-refractivity contribution is -0.126. The summed E-state index contributed by atoms with van der Waals surface area (Å²) in [6.07, 6.45) is 6.12. The Morgan fingerprint density at radius 3 is 2.63 bits per heavy atom. The van der Waals surface area contributed by atoms with Gasteiger partial charge in [-0.05, 0) is 36.8 Å². The van der Waals surface area contributed by atoms with E-state index in [0.29, 0.717) is 16.1 Å². The van der Waals surface area contributed by atoms with Crippen molar-refractivity contribution in [3.8, 4) is 0 Å². The molecule has 1 atom stereocenters. The van der Waals surface area contributed by atoms with Gasteiger partial charge in [-0.15, -0.1) is 10.2 Å². The Labute approximate surface area is 179 Å². The number of hydrogen-bond donors (Lipinski definition) is 4. The number of piperidine rings is 1. The molecule has 0 saturated carbocycles. The highest BCUT2D eigenvalue weighted by molar-refractivity contribution is 7.19. The van der Waals surface area contributed by atoms with Gasteiger partial charge in [0.15, 0.2) is 6.10 Å². The van der Waals surface area contributed by atoms with Crippen molar-refractivity contribution in [1.29, 1.82) is 0 Å². The topological polar surface area (TPSA) is 131 Å². The number of carbonyl (C=O) groups is 1. The van der Waals surface area contributed by atoms with Crippen molar-refractivity contribution in [3.63, 3.8) is 0 Å². The lowest BCUT2D eigenvalue weighted by atomic mass is 10.1. The largest absolute Gasteiger partial charge is 0.405 e. The summed E-state index contributed by atoms with van der Waals surface area (Å²) >= 11 is 1.30. The van der Waals surface area contributed by atoms with Gasteiger partial charge >= 0.3 is 0 Å². The van der Waals surface area contributed by atoms with Crippen LogP contribution in [0.1, 0.15) is 24.5 Å². The van der Waals surface area contributed by atoms with E-state index in [-0.39, 0.29) is 11.9 Å². The number of nitrogens with zero attached hydrogens (tertiary/aromatic N) is 3. The predicted molar refractivity (Wildman–Crippen MR) is 119 cm³/mol. The third-order valence-electron chi connectivity index (χ3n) is 4.80. The van der Waals surface area contributed by atoms with Gasteiger partial charge in [0.05, 0.1) is 5.82 Å². The molecule has 2 aromatic rings. The molecule has 30 heavy (non-hydrogen) atoms.